The Kier molecular flexibility index (Phi) is 5.40. The Balaban J connectivity index is 1.57. The Labute approximate surface area is 170 Å². The quantitative estimate of drug-likeness (QED) is 0.535. The number of benzene rings is 3. The van der Waals surface area contributed by atoms with Gasteiger partial charge in [0.1, 0.15) is 5.82 Å². The molecule has 5 nitrogen and oxygen atoms in total. The van der Waals surface area contributed by atoms with E-state index in [2.05, 4.69) is 14.9 Å². The van der Waals surface area contributed by atoms with Gasteiger partial charge in [-0.2, -0.15) is 0 Å². The number of rotatable bonds is 6. The van der Waals surface area contributed by atoms with E-state index in [0.29, 0.717) is 18.7 Å². The summed E-state index contributed by atoms with van der Waals surface area (Å²) in [5.74, 6) is 0.767. The van der Waals surface area contributed by atoms with Crippen molar-refractivity contribution in [3.05, 3.63) is 95.3 Å². The number of hydrogen-bond donors (Lipinski definition) is 1. The molecule has 0 spiro atoms. The highest BCUT2D eigenvalue weighted by Gasteiger charge is 2.13. The molecule has 0 aliphatic heterocycles. The van der Waals surface area contributed by atoms with Gasteiger partial charge in [0.15, 0.2) is 0 Å². The predicted octanol–water partition coefficient (Wildman–Crippen LogP) is 4.41. The number of imidazole rings is 1. The highest BCUT2D eigenvalue weighted by atomic mass is 16.5. The van der Waals surface area contributed by atoms with Crippen molar-refractivity contribution in [1.29, 1.82) is 0 Å². The molecule has 0 unspecified atom stereocenters. The lowest BCUT2D eigenvalue weighted by Crippen LogP contribution is -2.23. The lowest BCUT2D eigenvalue weighted by Gasteiger charge is -2.10. The van der Waals surface area contributed by atoms with E-state index in [1.807, 2.05) is 79.7 Å². The van der Waals surface area contributed by atoms with Gasteiger partial charge >= 0.3 is 0 Å². The number of methoxy groups -OCH3 is 1. The first-order chi connectivity index (χ1) is 14.2. The largest absolute Gasteiger partial charge is 0.380 e. The lowest BCUT2D eigenvalue weighted by atomic mass is 10.1. The summed E-state index contributed by atoms with van der Waals surface area (Å²) in [5.41, 5.74) is 5.56. The van der Waals surface area contributed by atoms with E-state index >= 15 is 0 Å². The molecular weight excluding hydrogens is 362 g/mol. The Morgan fingerprint density at radius 2 is 1.72 bits per heavy atom. The molecule has 0 saturated heterocycles. The van der Waals surface area contributed by atoms with Crippen LogP contribution in [0.3, 0.4) is 0 Å². The molecule has 4 aromatic rings. The maximum absolute atomic E-state index is 12.7. The summed E-state index contributed by atoms with van der Waals surface area (Å²) in [4.78, 5) is 17.4. The van der Waals surface area contributed by atoms with Crippen LogP contribution in [0, 0.1) is 6.92 Å². The zero-order valence-corrected chi connectivity index (χ0v) is 16.6. The molecule has 1 amide bonds. The molecule has 1 aromatic heterocycles. The van der Waals surface area contributed by atoms with Crippen LogP contribution < -0.4 is 5.32 Å². The van der Waals surface area contributed by atoms with Gasteiger partial charge in [-0.3, -0.25) is 9.36 Å². The lowest BCUT2D eigenvalue weighted by molar-refractivity contribution is 0.0950. The third-order valence-electron chi connectivity index (χ3n) is 4.96. The van der Waals surface area contributed by atoms with Crippen LogP contribution in [-0.4, -0.2) is 22.6 Å². The fourth-order valence-electron chi connectivity index (χ4n) is 3.55. The van der Waals surface area contributed by atoms with Crippen LogP contribution >= 0.6 is 0 Å². The Morgan fingerprint density at radius 3 is 2.48 bits per heavy atom. The van der Waals surface area contributed by atoms with Crippen molar-refractivity contribution in [2.75, 3.05) is 7.11 Å². The maximum Gasteiger partial charge on any atom is 0.251 e. The van der Waals surface area contributed by atoms with Crippen molar-refractivity contribution in [1.82, 2.24) is 14.9 Å². The van der Waals surface area contributed by atoms with Crippen molar-refractivity contribution in [2.45, 2.75) is 20.1 Å². The normalized spacial score (nSPS) is 11.0. The van der Waals surface area contributed by atoms with Gasteiger partial charge < -0.3 is 10.1 Å². The SMILES string of the molecule is COCc1ccccc1CNC(=O)c1ccc2c(c1)nc(C)n2-c1ccccc1. The number of fused-ring (bicyclic) bond motifs is 1. The summed E-state index contributed by atoms with van der Waals surface area (Å²) in [7, 11) is 1.67. The van der Waals surface area contributed by atoms with E-state index in [9.17, 15) is 4.79 Å². The second kappa shape index (κ2) is 8.29. The van der Waals surface area contributed by atoms with Crippen LogP contribution in [0.25, 0.3) is 16.7 Å². The number of nitrogens with zero attached hydrogens (tertiary/aromatic N) is 2. The Morgan fingerprint density at radius 1 is 1.00 bits per heavy atom. The zero-order chi connectivity index (χ0) is 20.2. The van der Waals surface area contributed by atoms with E-state index in [1.165, 1.54) is 0 Å². The predicted molar refractivity (Wildman–Crippen MR) is 114 cm³/mol. The smallest absolute Gasteiger partial charge is 0.251 e. The summed E-state index contributed by atoms with van der Waals surface area (Å²) in [6.45, 7) is 2.95. The number of aryl methyl sites for hydroxylation is 1. The standard InChI is InChI=1S/C24H23N3O2/c1-17-26-22-14-18(12-13-23(22)27(17)21-10-4-3-5-11-21)24(28)25-15-19-8-6-7-9-20(19)16-29-2/h3-14H,15-16H2,1-2H3,(H,25,28). The summed E-state index contributed by atoms with van der Waals surface area (Å²) >= 11 is 0. The summed E-state index contributed by atoms with van der Waals surface area (Å²) in [5, 5.41) is 3.00. The molecule has 4 rings (SSSR count). The average molecular weight is 385 g/mol. The molecule has 0 saturated carbocycles. The van der Waals surface area contributed by atoms with Crippen LogP contribution in [0.2, 0.25) is 0 Å². The molecule has 146 valence electrons. The molecular formula is C24H23N3O2. The van der Waals surface area contributed by atoms with E-state index in [0.717, 1.165) is 33.7 Å². The maximum atomic E-state index is 12.7. The zero-order valence-electron chi connectivity index (χ0n) is 16.6. The van der Waals surface area contributed by atoms with E-state index < -0.39 is 0 Å². The number of amides is 1. The molecule has 0 radical (unpaired) electrons. The fourth-order valence-corrected chi connectivity index (χ4v) is 3.55. The van der Waals surface area contributed by atoms with Gasteiger partial charge in [0.05, 0.1) is 17.6 Å². The second-order valence-electron chi connectivity index (χ2n) is 6.92. The minimum atomic E-state index is -0.119. The van der Waals surface area contributed by atoms with Crippen LogP contribution in [0.15, 0.2) is 72.8 Å². The topological polar surface area (TPSA) is 56.1 Å². The number of ether oxygens (including phenoxy) is 1. The number of carbonyl (C=O) groups excluding carboxylic acids is 1. The first kappa shape index (κ1) is 18.9. The molecule has 5 heteroatoms. The molecule has 0 aliphatic carbocycles. The summed E-state index contributed by atoms with van der Waals surface area (Å²) < 4.78 is 7.33. The monoisotopic (exact) mass is 385 g/mol. The molecule has 0 fully saturated rings. The van der Waals surface area contributed by atoms with Gasteiger partial charge in [-0.15, -0.1) is 0 Å². The van der Waals surface area contributed by atoms with Gasteiger partial charge in [-0.25, -0.2) is 4.98 Å². The van der Waals surface area contributed by atoms with Gasteiger partial charge in [0.25, 0.3) is 5.91 Å². The van der Waals surface area contributed by atoms with Gasteiger partial charge in [0.2, 0.25) is 0 Å². The number of hydrogen-bond acceptors (Lipinski definition) is 3. The van der Waals surface area contributed by atoms with Crippen LogP contribution in [0.4, 0.5) is 0 Å². The molecule has 0 aliphatic rings. The van der Waals surface area contributed by atoms with E-state index in [4.69, 9.17) is 4.74 Å². The van der Waals surface area contributed by atoms with Crippen LogP contribution in [0.1, 0.15) is 27.3 Å². The van der Waals surface area contributed by atoms with Crippen molar-refractivity contribution >= 4 is 16.9 Å². The second-order valence-corrected chi connectivity index (χ2v) is 6.92. The number of para-hydroxylation sites is 1. The van der Waals surface area contributed by atoms with Crippen molar-refractivity contribution in [3.63, 3.8) is 0 Å². The third kappa shape index (κ3) is 3.91. The average Bonchev–Trinajstić information content (AvgIpc) is 3.08. The molecule has 0 bridgehead atoms. The minimum absolute atomic E-state index is 0.119. The molecule has 1 N–H and O–H groups in total. The Bertz CT molecular complexity index is 1150. The fraction of sp³-hybridized carbons (Fsp3) is 0.167. The van der Waals surface area contributed by atoms with E-state index in [-0.39, 0.29) is 5.91 Å². The summed E-state index contributed by atoms with van der Waals surface area (Å²) in [6.07, 6.45) is 0. The number of aromatic nitrogens is 2. The summed E-state index contributed by atoms with van der Waals surface area (Å²) in [6, 6.07) is 23.7. The van der Waals surface area contributed by atoms with Gasteiger partial charge in [-0.05, 0) is 48.4 Å². The van der Waals surface area contributed by atoms with Gasteiger partial charge in [0, 0.05) is 24.9 Å². The highest BCUT2D eigenvalue weighted by Crippen LogP contribution is 2.22. The highest BCUT2D eigenvalue weighted by molar-refractivity contribution is 5.97. The van der Waals surface area contributed by atoms with Crippen LogP contribution in [-0.2, 0) is 17.9 Å². The van der Waals surface area contributed by atoms with Crippen molar-refractivity contribution < 1.29 is 9.53 Å². The molecule has 3 aromatic carbocycles. The first-order valence-electron chi connectivity index (χ1n) is 9.56. The Hall–Kier alpha value is -3.44. The van der Waals surface area contributed by atoms with Crippen LogP contribution in [0.5, 0.6) is 0 Å². The number of carbonyl (C=O) groups is 1. The van der Waals surface area contributed by atoms with Crippen molar-refractivity contribution in [2.24, 2.45) is 0 Å². The van der Waals surface area contributed by atoms with E-state index in [1.54, 1.807) is 7.11 Å². The molecule has 0 atom stereocenters. The first-order valence-corrected chi connectivity index (χ1v) is 9.56. The van der Waals surface area contributed by atoms with Crippen molar-refractivity contribution in [3.8, 4) is 5.69 Å². The molecule has 29 heavy (non-hydrogen) atoms. The minimum Gasteiger partial charge on any atom is -0.380 e. The van der Waals surface area contributed by atoms with Gasteiger partial charge in [-0.1, -0.05) is 42.5 Å². The number of nitrogens with one attached hydrogen (secondary N) is 1. The molecule has 1 heterocycles. The third-order valence-corrected chi connectivity index (χ3v) is 4.96.